The van der Waals surface area contributed by atoms with E-state index in [1.165, 1.54) is 51.4 Å². The molecule has 0 aliphatic heterocycles. The topological polar surface area (TPSA) is 63.6 Å². The Morgan fingerprint density at radius 3 is 1.90 bits per heavy atom. The number of carbonyl (C=O) groups excluding carboxylic acids is 1. The first-order valence-corrected chi connectivity index (χ1v) is 12.5. The number of carboxylic acid groups (broad SMARTS) is 1. The smallest absolute Gasteiger partial charge is 0.309 e. The summed E-state index contributed by atoms with van der Waals surface area (Å²) in [5.41, 5.74) is 0. The lowest BCUT2D eigenvalue weighted by molar-refractivity contribution is -0.160. The van der Waals surface area contributed by atoms with Crippen molar-refractivity contribution in [2.75, 3.05) is 0 Å². The highest BCUT2D eigenvalue weighted by molar-refractivity contribution is 5.74. The number of rotatable bonds is 16. The van der Waals surface area contributed by atoms with E-state index >= 15 is 0 Å². The lowest BCUT2D eigenvalue weighted by atomic mass is 9.82. The Morgan fingerprint density at radius 1 is 0.793 bits per heavy atom. The van der Waals surface area contributed by atoms with Crippen molar-refractivity contribution < 1.29 is 19.4 Å². The van der Waals surface area contributed by atoms with Crippen molar-refractivity contribution in [1.82, 2.24) is 0 Å². The van der Waals surface area contributed by atoms with Crippen LogP contribution in [0.15, 0.2) is 0 Å². The third-order valence-electron chi connectivity index (χ3n) is 6.75. The Morgan fingerprint density at radius 2 is 1.34 bits per heavy atom. The summed E-state index contributed by atoms with van der Waals surface area (Å²) in [6.45, 7) is 6.67. The fourth-order valence-corrected chi connectivity index (χ4v) is 4.63. The molecular formula is C25H46O4. The van der Waals surface area contributed by atoms with Gasteiger partial charge in [0.05, 0.1) is 11.8 Å². The molecule has 1 N–H and O–H groups in total. The molecule has 2 unspecified atom stereocenters. The summed E-state index contributed by atoms with van der Waals surface area (Å²) < 4.78 is 6.09. The number of ether oxygens (including phenoxy) is 1. The molecule has 0 aromatic rings. The first-order chi connectivity index (χ1) is 14.0. The van der Waals surface area contributed by atoms with Gasteiger partial charge in [-0.05, 0) is 57.3 Å². The molecule has 0 aromatic heterocycles. The molecule has 0 radical (unpaired) electrons. The van der Waals surface area contributed by atoms with Crippen LogP contribution in [0.25, 0.3) is 0 Å². The number of esters is 1. The second-order valence-corrected chi connectivity index (χ2v) is 9.08. The van der Waals surface area contributed by atoms with Crippen molar-refractivity contribution in [3.8, 4) is 0 Å². The highest BCUT2D eigenvalue weighted by Crippen LogP contribution is 2.32. The van der Waals surface area contributed by atoms with Gasteiger partial charge < -0.3 is 9.84 Å². The molecule has 0 aromatic carbocycles. The standard InChI is InChI=1S/C25H46O4/c1-4-7-9-10-11-12-13-15-23(20(6-3)14-8-5-2)29-25(28)22-18-16-21(17-19-22)24(26)27/h20-23H,4-19H2,1-3H3,(H,26,27). The van der Waals surface area contributed by atoms with E-state index in [1.807, 2.05) is 0 Å². The lowest BCUT2D eigenvalue weighted by Gasteiger charge is -2.30. The maximum Gasteiger partial charge on any atom is 0.309 e. The second-order valence-electron chi connectivity index (χ2n) is 9.08. The number of aliphatic carboxylic acids is 1. The zero-order chi connectivity index (χ0) is 21.5. The zero-order valence-corrected chi connectivity index (χ0v) is 19.3. The van der Waals surface area contributed by atoms with E-state index in [0.29, 0.717) is 31.6 Å². The SMILES string of the molecule is CCCCCCCCCC(OC(=O)C1CCC(C(=O)O)CC1)C(CC)CCCC. The van der Waals surface area contributed by atoms with Crippen LogP contribution in [0, 0.1) is 17.8 Å². The van der Waals surface area contributed by atoms with Gasteiger partial charge in [0.25, 0.3) is 0 Å². The number of hydrogen-bond donors (Lipinski definition) is 1. The molecule has 2 atom stereocenters. The summed E-state index contributed by atoms with van der Waals surface area (Å²) in [5.74, 6) is -0.730. The predicted octanol–water partition coefficient (Wildman–Crippen LogP) is 7.15. The second kappa shape index (κ2) is 15.7. The Kier molecular flexibility index (Phi) is 14.1. The third-order valence-corrected chi connectivity index (χ3v) is 6.75. The van der Waals surface area contributed by atoms with Gasteiger partial charge in [-0.15, -0.1) is 0 Å². The molecule has 4 heteroatoms. The summed E-state index contributed by atoms with van der Waals surface area (Å²) in [4.78, 5) is 24.0. The molecule has 29 heavy (non-hydrogen) atoms. The summed E-state index contributed by atoms with van der Waals surface area (Å²) in [5, 5.41) is 9.17. The Balaban J connectivity index is 2.51. The Hall–Kier alpha value is -1.06. The van der Waals surface area contributed by atoms with Gasteiger partial charge in [0.2, 0.25) is 0 Å². The number of hydrogen-bond acceptors (Lipinski definition) is 3. The quantitative estimate of drug-likeness (QED) is 0.217. The van der Waals surface area contributed by atoms with Crippen molar-refractivity contribution in [2.24, 2.45) is 17.8 Å². The molecule has 1 rings (SSSR count). The van der Waals surface area contributed by atoms with Gasteiger partial charge in [-0.1, -0.05) is 72.1 Å². The van der Waals surface area contributed by atoms with E-state index in [1.54, 1.807) is 0 Å². The van der Waals surface area contributed by atoms with Gasteiger partial charge in [0.15, 0.2) is 0 Å². The van der Waals surface area contributed by atoms with Gasteiger partial charge in [-0.25, -0.2) is 0 Å². The molecule has 1 aliphatic carbocycles. The highest BCUT2D eigenvalue weighted by Gasteiger charge is 2.33. The monoisotopic (exact) mass is 410 g/mol. The molecule has 0 saturated heterocycles. The van der Waals surface area contributed by atoms with Crippen molar-refractivity contribution in [3.63, 3.8) is 0 Å². The van der Waals surface area contributed by atoms with Crippen molar-refractivity contribution in [3.05, 3.63) is 0 Å². The fraction of sp³-hybridized carbons (Fsp3) is 0.920. The summed E-state index contributed by atoms with van der Waals surface area (Å²) in [6, 6.07) is 0. The van der Waals surface area contributed by atoms with Crippen LogP contribution in [0.5, 0.6) is 0 Å². The van der Waals surface area contributed by atoms with Crippen molar-refractivity contribution in [1.29, 1.82) is 0 Å². The third kappa shape index (κ3) is 10.5. The van der Waals surface area contributed by atoms with E-state index in [-0.39, 0.29) is 23.9 Å². The van der Waals surface area contributed by atoms with Crippen LogP contribution in [-0.2, 0) is 14.3 Å². The summed E-state index contributed by atoms with van der Waals surface area (Å²) in [7, 11) is 0. The molecule has 1 fully saturated rings. The summed E-state index contributed by atoms with van der Waals surface area (Å²) >= 11 is 0. The van der Waals surface area contributed by atoms with Gasteiger partial charge in [-0.3, -0.25) is 9.59 Å². The molecule has 0 bridgehead atoms. The minimum Gasteiger partial charge on any atom is -0.481 e. The number of carboxylic acids is 1. The number of unbranched alkanes of at least 4 members (excludes halogenated alkanes) is 7. The van der Waals surface area contributed by atoms with Crippen LogP contribution in [0.1, 0.15) is 124 Å². The molecule has 4 nitrogen and oxygen atoms in total. The van der Waals surface area contributed by atoms with Crippen LogP contribution in [0.4, 0.5) is 0 Å². The Bertz CT molecular complexity index is 440. The van der Waals surface area contributed by atoms with Crippen LogP contribution < -0.4 is 0 Å². The normalized spacial score (nSPS) is 21.5. The van der Waals surface area contributed by atoms with E-state index in [2.05, 4.69) is 20.8 Å². The van der Waals surface area contributed by atoms with Crippen molar-refractivity contribution >= 4 is 11.9 Å². The average Bonchev–Trinajstić information content (AvgIpc) is 2.73. The lowest BCUT2D eigenvalue weighted by Crippen LogP contribution is -2.32. The van der Waals surface area contributed by atoms with E-state index in [0.717, 1.165) is 25.7 Å². The van der Waals surface area contributed by atoms with Crippen LogP contribution in [0.3, 0.4) is 0 Å². The molecule has 0 spiro atoms. The van der Waals surface area contributed by atoms with Crippen LogP contribution >= 0.6 is 0 Å². The molecule has 0 amide bonds. The zero-order valence-electron chi connectivity index (χ0n) is 19.3. The maximum absolute atomic E-state index is 12.8. The first-order valence-electron chi connectivity index (χ1n) is 12.5. The Labute approximate surface area is 179 Å². The maximum atomic E-state index is 12.8. The van der Waals surface area contributed by atoms with E-state index < -0.39 is 5.97 Å². The molecule has 1 saturated carbocycles. The van der Waals surface area contributed by atoms with Gasteiger partial charge >= 0.3 is 11.9 Å². The van der Waals surface area contributed by atoms with Crippen molar-refractivity contribution in [2.45, 2.75) is 130 Å². The molecular weight excluding hydrogens is 364 g/mol. The van der Waals surface area contributed by atoms with Crippen LogP contribution in [-0.4, -0.2) is 23.1 Å². The largest absolute Gasteiger partial charge is 0.481 e. The minimum absolute atomic E-state index is 0.0342. The average molecular weight is 411 g/mol. The molecule has 170 valence electrons. The molecule has 1 aliphatic rings. The highest BCUT2D eigenvalue weighted by atomic mass is 16.5. The predicted molar refractivity (Wildman–Crippen MR) is 119 cm³/mol. The fourth-order valence-electron chi connectivity index (χ4n) is 4.63. The van der Waals surface area contributed by atoms with Crippen LogP contribution in [0.2, 0.25) is 0 Å². The van der Waals surface area contributed by atoms with E-state index in [9.17, 15) is 9.59 Å². The van der Waals surface area contributed by atoms with Gasteiger partial charge in [0, 0.05) is 0 Å². The minimum atomic E-state index is -0.723. The van der Waals surface area contributed by atoms with E-state index in [4.69, 9.17) is 9.84 Å². The first kappa shape index (κ1) is 26.0. The molecule has 0 heterocycles. The number of carbonyl (C=O) groups is 2. The summed E-state index contributed by atoms with van der Waals surface area (Å²) in [6.07, 6.45) is 17.0. The van der Waals surface area contributed by atoms with Gasteiger partial charge in [-0.2, -0.15) is 0 Å². The van der Waals surface area contributed by atoms with Gasteiger partial charge in [0.1, 0.15) is 6.10 Å².